The molecule has 0 bridgehead atoms. The van der Waals surface area contributed by atoms with Crippen LogP contribution in [0.5, 0.6) is 0 Å². The molecule has 0 fully saturated rings. The molecule has 110 valence electrons. The number of nitro benzene ring substituents is 1. The van der Waals surface area contributed by atoms with Gasteiger partial charge in [-0.3, -0.25) is 14.9 Å². The van der Waals surface area contributed by atoms with Crippen molar-refractivity contribution in [2.75, 3.05) is 5.32 Å². The second-order valence-electron chi connectivity index (χ2n) is 4.28. The van der Waals surface area contributed by atoms with Gasteiger partial charge in [-0.05, 0) is 12.1 Å². The number of oxazole rings is 1. The summed E-state index contributed by atoms with van der Waals surface area (Å²) in [5, 5.41) is 13.9. The molecular weight excluding hydrogens is 276 g/mol. The number of nitrogens with two attached hydrogens (primary N) is 1. The van der Waals surface area contributed by atoms with Gasteiger partial charge in [-0.2, -0.15) is 0 Å². The second kappa shape index (κ2) is 6.04. The van der Waals surface area contributed by atoms with Crippen molar-refractivity contribution in [3.05, 3.63) is 51.7 Å². The van der Waals surface area contributed by atoms with E-state index in [0.717, 1.165) is 18.2 Å². The van der Waals surface area contributed by atoms with E-state index < -0.39 is 10.8 Å². The summed E-state index contributed by atoms with van der Waals surface area (Å²) < 4.78 is 5.40. The second-order valence-corrected chi connectivity index (χ2v) is 4.28. The highest BCUT2D eigenvalue weighted by Gasteiger charge is 2.16. The van der Waals surface area contributed by atoms with Gasteiger partial charge in [-0.15, -0.1) is 0 Å². The fourth-order valence-corrected chi connectivity index (χ4v) is 1.75. The fourth-order valence-electron chi connectivity index (χ4n) is 1.75. The topological polar surface area (TPSA) is 124 Å². The van der Waals surface area contributed by atoms with Crippen LogP contribution in [0.15, 0.2) is 28.8 Å². The van der Waals surface area contributed by atoms with Crippen molar-refractivity contribution < 1.29 is 14.1 Å². The van der Waals surface area contributed by atoms with Crippen LogP contribution >= 0.6 is 0 Å². The Morgan fingerprint density at radius 3 is 2.86 bits per heavy atom. The van der Waals surface area contributed by atoms with Crippen molar-refractivity contribution in [1.82, 2.24) is 4.98 Å². The first-order chi connectivity index (χ1) is 10.0. The van der Waals surface area contributed by atoms with Gasteiger partial charge in [0.25, 0.3) is 5.69 Å². The minimum Gasteiger partial charge on any atom is -0.444 e. The highest BCUT2D eigenvalue weighted by molar-refractivity contribution is 5.94. The number of nitrogens with one attached hydrogen (secondary N) is 1. The molecule has 0 saturated heterocycles. The first-order valence-electron chi connectivity index (χ1n) is 6.27. The number of anilines is 1. The average molecular weight is 290 g/mol. The molecule has 0 spiro atoms. The third-order valence-corrected chi connectivity index (χ3v) is 2.86. The van der Waals surface area contributed by atoms with Gasteiger partial charge in [0, 0.05) is 18.1 Å². The molecule has 2 rings (SSSR count). The maximum absolute atomic E-state index is 11.1. The summed E-state index contributed by atoms with van der Waals surface area (Å²) in [4.78, 5) is 25.6. The number of carbonyl (C=O) groups is 1. The molecule has 0 radical (unpaired) electrons. The molecular formula is C13H14N4O4. The van der Waals surface area contributed by atoms with Crippen molar-refractivity contribution in [3.63, 3.8) is 0 Å². The summed E-state index contributed by atoms with van der Waals surface area (Å²) in [6.45, 7) is 2.14. The zero-order valence-electron chi connectivity index (χ0n) is 11.3. The standard InChI is InChI=1S/C13H14N4O4/c1-2-9-6-16-12(21-9)7-15-10-4-3-8(13(14)18)5-11(10)17(19)20/h3-6,15H,2,7H2,1H3,(H2,14,18). The van der Waals surface area contributed by atoms with Gasteiger partial charge in [0.15, 0.2) is 0 Å². The Morgan fingerprint density at radius 2 is 2.29 bits per heavy atom. The number of hydrogen-bond acceptors (Lipinski definition) is 6. The van der Waals surface area contributed by atoms with Crippen LogP contribution in [0.1, 0.15) is 28.9 Å². The largest absolute Gasteiger partial charge is 0.444 e. The lowest BCUT2D eigenvalue weighted by Crippen LogP contribution is -2.12. The summed E-state index contributed by atoms with van der Waals surface area (Å²) in [5.41, 5.74) is 5.23. The molecule has 0 unspecified atom stereocenters. The molecule has 0 aliphatic heterocycles. The average Bonchev–Trinajstić information content (AvgIpc) is 2.92. The van der Waals surface area contributed by atoms with Crippen molar-refractivity contribution in [2.45, 2.75) is 19.9 Å². The molecule has 1 amide bonds. The number of aryl methyl sites for hydroxylation is 1. The molecule has 0 aliphatic rings. The van der Waals surface area contributed by atoms with E-state index in [1.807, 2.05) is 6.92 Å². The van der Waals surface area contributed by atoms with E-state index in [2.05, 4.69) is 10.3 Å². The van der Waals surface area contributed by atoms with E-state index in [0.29, 0.717) is 5.89 Å². The van der Waals surface area contributed by atoms with Crippen LogP contribution in [0.25, 0.3) is 0 Å². The molecule has 1 aromatic carbocycles. The lowest BCUT2D eigenvalue weighted by Gasteiger charge is -2.06. The van der Waals surface area contributed by atoms with Crippen molar-refractivity contribution in [1.29, 1.82) is 0 Å². The molecule has 8 heteroatoms. The van der Waals surface area contributed by atoms with Crippen molar-refractivity contribution in [2.24, 2.45) is 5.73 Å². The molecule has 3 N–H and O–H groups in total. The molecule has 0 aliphatic carbocycles. The molecule has 21 heavy (non-hydrogen) atoms. The van der Waals surface area contributed by atoms with Gasteiger partial charge in [0.1, 0.15) is 11.4 Å². The Labute approximate surface area is 120 Å². The Hall–Kier alpha value is -2.90. The number of nitrogens with zero attached hydrogens (tertiary/aromatic N) is 2. The van der Waals surface area contributed by atoms with Crippen LogP contribution in [0, 0.1) is 10.1 Å². The van der Waals surface area contributed by atoms with Crippen LogP contribution in [0.4, 0.5) is 11.4 Å². The zero-order valence-corrected chi connectivity index (χ0v) is 11.3. The van der Waals surface area contributed by atoms with Crippen molar-refractivity contribution in [3.8, 4) is 0 Å². The van der Waals surface area contributed by atoms with Gasteiger partial charge in [-0.1, -0.05) is 6.92 Å². The molecule has 0 saturated carbocycles. The zero-order chi connectivity index (χ0) is 15.4. The monoisotopic (exact) mass is 290 g/mol. The minimum absolute atomic E-state index is 0.0802. The Balaban J connectivity index is 2.19. The number of aromatic nitrogens is 1. The fraction of sp³-hybridized carbons (Fsp3) is 0.231. The highest BCUT2D eigenvalue weighted by atomic mass is 16.6. The Bertz CT molecular complexity index is 681. The highest BCUT2D eigenvalue weighted by Crippen LogP contribution is 2.26. The van der Waals surface area contributed by atoms with Crippen LogP contribution in [-0.2, 0) is 13.0 Å². The minimum atomic E-state index is -0.718. The molecule has 0 atom stereocenters. The van der Waals surface area contributed by atoms with Gasteiger partial charge in [0.05, 0.1) is 17.7 Å². The van der Waals surface area contributed by atoms with Crippen LogP contribution in [0.3, 0.4) is 0 Å². The first-order valence-corrected chi connectivity index (χ1v) is 6.27. The van der Waals surface area contributed by atoms with E-state index in [1.54, 1.807) is 6.20 Å². The van der Waals surface area contributed by atoms with E-state index in [1.165, 1.54) is 12.1 Å². The summed E-state index contributed by atoms with van der Waals surface area (Å²) in [7, 11) is 0. The van der Waals surface area contributed by atoms with Crippen LogP contribution in [0.2, 0.25) is 0 Å². The van der Waals surface area contributed by atoms with Gasteiger partial charge in [0.2, 0.25) is 11.8 Å². The molecule has 1 heterocycles. The number of nitro groups is 1. The van der Waals surface area contributed by atoms with E-state index in [9.17, 15) is 14.9 Å². The summed E-state index contributed by atoms with van der Waals surface area (Å²) >= 11 is 0. The number of benzene rings is 1. The number of hydrogen-bond donors (Lipinski definition) is 2. The quantitative estimate of drug-likeness (QED) is 0.618. The van der Waals surface area contributed by atoms with Gasteiger partial charge < -0.3 is 15.5 Å². The third-order valence-electron chi connectivity index (χ3n) is 2.86. The van der Waals surface area contributed by atoms with Crippen LogP contribution < -0.4 is 11.1 Å². The molecule has 2 aromatic rings. The van der Waals surface area contributed by atoms with Crippen molar-refractivity contribution >= 4 is 17.3 Å². The summed E-state index contributed by atoms with van der Waals surface area (Å²) in [5.74, 6) is 0.454. The summed E-state index contributed by atoms with van der Waals surface area (Å²) in [6, 6.07) is 3.99. The van der Waals surface area contributed by atoms with E-state index >= 15 is 0 Å². The Kier molecular flexibility index (Phi) is 4.17. The first kappa shape index (κ1) is 14.5. The number of primary amides is 1. The van der Waals surface area contributed by atoms with E-state index in [-0.39, 0.29) is 23.5 Å². The SMILES string of the molecule is CCc1cnc(CNc2ccc(C(N)=O)cc2[N+](=O)[O-])o1. The van der Waals surface area contributed by atoms with Crippen LogP contribution in [-0.4, -0.2) is 15.8 Å². The predicted octanol–water partition coefficient (Wildman–Crippen LogP) is 1.86. The third kappa shape index (κ3) is 3.35. The summed E-state index contributed by atoms with van der Waals surface area (Å²) in [6.07, 6.45) is 2.34. The lowest BCUT2D eigenvalue weighted by atomic mass is 10.1. The van der Waals surface area contributed by atoms with Gasteiger partial charge >= 0.3 is 0 Å². The normalized spacial score (nSPS) is 10.3. The predicted molar refractivity (Wildman–Crippen MR) is 74.8 cm³/mol. The maximum atomic E-state index is 11.1. The molecule has 8 nitrogen and oxygen atoms in total. The number of carbonyl (C=O) groups excluding carboxylic acids is 1. The Morgan fingerprint density at radius 1 is 1.52 bits per heavy atom. The number of amides is 1. The van der Waals surface area contributed by atoms with Gasteiger partial charge in [-0.25, -0.2) is 4.98 Å². The lowest BCUT2D eigenvalue weighted by molar-refractivity contribution is -0.384. The van der Waals surface area contributed by atoms with E-state index in [4.69, 9.17) is 10.2 Å². The number of rotatable bonds is 6. The maximum Gasteiger partial charge on any atom is 0.293 e. The molecule has 1 aromatic heterocycles. The smallest absolute Gasteiger partial charge is 0.293 e.